The number of hydrogen-bond donors (Lipinski definition) is 1. The third-order valence-corrected chi connectivity index (χ3v) is 2.87. The maximum atomic E-state index is 12.0. The molecule has 0 saturated carbocycles. The minimum atomic E-state index is -1.10. The Hall–Kier alpha value is -1.73. The van der Waals surface area contributed by atoms with Crippen LogP contribution in [-0.2, 0) is 15.1 Å². The molecule has 1 N–H and O–H groups in total. The van der Waals surface area contributed by atoms with Crippen molar-refractivity contribution in [3.8, 4) is 0 Å². The van der Waals surface area contributed by atoms with E-state index in [0.717, 1.165) is 10.6 Å². The average Bonchev–Trinajstić information content (AvgIpc) is 2.34. The van der Waals surface area contributed by atoms with Crippen LogP contribution < -0.4 is 5.56 Å². The number of ether oxygens (including phenoxy) is 2. The predicted molar refractivity (Wildman–Crippen MR) is 64.7 cm³/mol. The quantitative estimate of drug-likeness (QED) is 0.769. The molecule has 1 aliphatic heterocycles. The van der Waals surface area contributed by atoms with E-state index in [2.05, 4.69) is 4.98 Å². The lowest BCUT2D eigenvalue weighted by Gasteiger charge is -2.35. The van der Waals surface area contributed by atoms with Gasteiger partial charge in [-0.3, -0.25) is 9.36 Å². The predicted octanol–water partition coefficient (Wildman–Crippen LogP) is 0.176. The summed E-state index contributed by atoms with van der Waals surface area (Å²) in [5.74, 6) is -0.458. The number of rotatable bonds is 2. The molecule has 0 radical (unpaired) electrons. The number of nitrogens with zero attached hydrogens (tertiary/aromatic N) is 2. The van der Waals surface area contributed by atoms with E-state index in [9.17, 15) is 14.7 Å². The van der Waals surface area contributed by atoms with Gasteiger partial charge in [0.25, 0.3) is 5.56 Å². The van der Waals surface area contributed by atoms with E-state index in [1.807, 2.05) is 0 Å². The molecule has 104 valence electrons. The fourth-order valence-corrected chi connectivity index (χ4v) is 1.94. The number of aliphatic hydroxyl groups is 1. The van der Waals surface area contributed by atoms with Crippen molar-refractivity contribution < 1.29 is 19.4 Å². The minimum absolute atomic E-state index is 0.000337. The summed E-state index contributed by atoms with van der Waals surface area (Å²) < 4.78 is 11.4. The SMILES string of the molecule is CCOC(=O)c1cc(=O)n2c(n1)C(C)(C)OC[C@@H]2O. The first-order chi connectivity index (χ1) is 8.86. The lowest BCUT2D eigenvalue weighted by atomic mass is 10.1. The third-order valence-electron chi connectivity index (χ3n) is 2.87. The standard InChI is InChI=1S/C12H16N2O5/c1-4-18-10(17)7-5-8(15)14-9(16)6-19-12(2,3)11(14)13-7/h5,9,16H,4,6H2,1-3H3/t9-/m0/s1. The Bertz CT molecular complexity index is 564. The number of aromatic nitrogens is 2. The van der Waals surface area contributed by atoms with E-state index < -0.39 is 23.4 Å². The molecule has 0 spiro atoms. The third kappa shape index (κ3) is 2.39. The van der Waals surface area contributed by atoms with E-state index in [1.54, 1.807) is 20.8 Å². The molecule has 1 aromatic heterocycles. The smallest absolute Gasteiger partial charge is 0.357 e. The second-order valence-corrected chi connectivity index (χ2v) is 4.70. The fourth-order valence-electron chi connectivity index (χ4n) is 1.94. The highest BCUT2D eigenvalue weighted by atomic mass is 16.5. The van der Waals surface area contributed by atoms with E-state index in [1.165, 1.54) is 0 Å². The van der Waals surface area contributed by atoms with Gasteiger partial charge < -0.3 is 14.6 Å². The summed E-state index contributed by atoms with van der Waals surface area (Å²) in [6, 6.07) is 1.06. The summed E-state index contributed by atoms with van der Waals surface area (Å²) in [7, 11) is 0. The molecule has 1 atom stereocenters. The van der Waals surface area contributed by atoms with Crippen molar-refractivity contribution in [1.82, 2.24) is 9.55 Å². The molecule has 7 nitrogen and oxygen atoms in total. The van der Waals surface area contributed by atoms with Crippen LogP contribution in [0.4, 0.5) is 0 Å². The summed E-state index contributed by atoms with van der Waals surface area (Å²) in [6.45, 7) is 5.29. The van der Waals surface area contributed by atoms with E-state index >= 15 is 0 Å². The Labute approximate surface area is 109 Å². The van der Waals surface area contributed by atoms with Gasteiger partial charge in [-0.25, -0.2) is 9.78 Å². The van der Waals surface area contributed by atoms with Crippen LogP contribution in [0.25, 0.3) is 0 Å². The monoisotopic (exact) mass is 268 g/mol. The second kappa shape index (κ2) is 4.75. The summed E-state index contributed by atoms with van der Waals surface area (Å²) >= 11 is 0. The topological polar surface area (TPSA) is 90.7 Å². The molecule has 1 aromatic rings. The Morgan fingerprint density at radius 2 is 2.37 bits per heavy atom. The van der Waals surface area contributed by atoms with E-state index in [4.69, 9.17) is 9.47 Å². The molecule has 2 rings (SSSR count). The molecule has 2 heterocycles. The fraction of sp³-hybridized carbons (Fsp3) is 0.583. The number of carbonyl (C=O) groups excluding carboxylic acids is 1. The molecule has 0 aromatic carbocycles. The zero-order chi connectivity index (χ0) is 14.2. The molecule has 19 heavy (non-hydrogen) atoms. The molecule has 0 amide bonds. The van der Waals surface area contributed by atoms with Crippen LogP contribution >= 0.6 is 0 Å². The average molecular weight is 268 g/mol. The largest absolute Gasteiger partial charge is 0.461 e. The van der Waals surface area contributed by atoms with Gasteiger partial charge in [0.05, 0.1) is 13.2 Å². The number of carbonyl (C=O) groups is 1. The van der Waals surface area contributed by atoms with Crippen molar-refractivity contribution >= 4 is 5.97 Å². The van der Waals surface area contributed by atoms with Crippen molar-refractivity contribution in [2.75, 3.05) is 13.2 Å². The summed E-state index contributed by atoms with van der Waals surface area (Å²) in [6.07, 6.45) is -1.10. The first-order valence-corrected chi connectivity index (χ1v) is 6.00. The Balaban J connectivity index is 2.58. The van der Waals surface area contributed by atoms with Gasteiger partial charge in [-0.2, -0.15) is 0 Å². The molecule has 1 aliphatic rings. The normalized spacial score (nSPS) is 20.7. The highest BCUT2D eigenvalue weighted by molar-refractivity contribution is 5.87. The molecule has 0 fully saturated rings. The van der Waals surface area contributed by atoms with Crippen LogP contribution in [0.15, 0.2) is 10.9 Å². The van der Waals surface area contributed by atoms with Gasteiger partial charge in [0.15, 0.2) is 11.9 Å². The highest BCUT2D eigenvalue weighted by Crippen LogP contribution is 2.29. The van der Waals surface area contributed by atoms with Crippen LogP contribution in [0.1, 0.15) is 43.3 Å². The molecule has 0 saturated heterocycles. The number of esters is 1. The van der Waals surface area contributed by atoms with Crippen LogP contribution in [0.2, 0.25) is 0 Å². The second-order valence-electron chi connectivity index (χ2n) is 4.70. The first kappa shape index (κ1) is 13.7. The Morgan fingerprint density at radius 3 is 3.00 bits per heavy atom. The molecule has 0 unspecified atom stereocenters. The molecular formula is C12H16N2O5. The van der Waals surface area contributed by atoms with Crippen LogP contribution in [0.5, 0.6) is 0 Å². The van der Waals surface area contributed by atoms with Gasteiger partial charge in [-0.05, 0) is 20.8 Å². The van der Waals surface area contributed by atoms with Gasteiger partial charge in [0.2, 0.25) is 0 Å². The van der Waals surface area contributed by atoms with Crippen molar-refractivity contribution in [3.05, 3.63) is 27.9 Å². The van der Waals surface area contributed by atoms with Crippen LogP contribution in [-0.4, -0.2) is 33.8 Å². The lowest BCUT2D eigenvalue weighted by Crippen LogP contribution is -2.44. The van der Waals surface area contributed by atoms with E-state index in [0.29, 0.717) is 0 Å². The van der Waals surface area contributed by atoms with Gasteiger partial charge in [-0.15, -0.1) is 0 Å². The van der Waals surface area contributed by atoms with Gasteiger partial charge in [-0.1, -0.05) is 0 Å². The van der Waals surface area contributed by atoms with Crippen LogP contribution in [0.3, 0.4) is 0 Å². The number of fused-ring (bicyclic) bond motifs is 1. The summed E-state index contributed by atoms with van der Waals surface area (Å²) in [4.78, 5) is 27.7. The van der Waals surface area contributed by atoms with Crippen molar-refractivity contribution in [2.24, 2.45) is 0 Å². The Kier molecular flexibility index (Phi) is 3.42. The lowest BCUT2D eigenvalue weighted by molar-refractivity contribution is -0.124. The molecule has 0 aliphatic carbocycles. The molecule has 0 bridgehead atoms. The first-order valence-electron chi connectivity index (χ1n) is 6.00. The molecule has 7 heteroatoms. The Morgan fingerprint density at radius 1 is 1.68 bits per heavy atom. The van der Waals surface area contributed by atoms with Gasteiger partial charge in [0, 0.05) is 6.07 Å². The maximum Gasteiger partial charge on any atom is 0.357 e. The van der Waals surface area contributed by atoms with Crippen molar-refractivity contribution in [1.29, 1.82) is 0 Å². The maximum absolute atomic E-state index is 12.0. The van der Waals surface area contributed by atoms with Crippen molar-refractivity contribution in [2.45, 2.75) is 32.6 Å². The zero-order valence-electron chi connectivity index (χ0n) is 11.0. The van der Waals surface area contributed by atoms with Gasteiger partial charge in [0.1, 0.15) is 11.4 Å². The number of aliphatic hydroxyl groups excluding tert-OH is 1. The minimum Gasteiger partial charge on any atom is -0.461 e. The summed E-state index contributed by atoms with van der Waals surface area (Å²) in [5, 5.41) is 9.79. The van der Waals surface area contributed by atoms with Crippen molar-refractivity contribution in [3.63, 3.8) is 0 Å². The molecular weight excluding hydrogens is 252 g/mol. The summed E-state index contributed by atoms with van der Waals surface area (Å²) in [5.41, 5.74) is -1.44. The highest BCUT2D eigenvalue weighted by Gasteiger charge is 2.36. The number of hydrogen-bond acceptors (Lipinski definition) is 6. The zero-order valence-corrected chi connectivity index (χ0v) is 11.0. The van der Waals surface area contributed by atoms with Crippen LogP contribution in [0, 0.1) is 0 Å². The van der Waals surface area contributed by atoms with E-state index in [-0.39, 0.29) is 24.7 Å². The van der Waals surface area contributed by atoms with Gasteiger partial charge >= 0.3 is 5.97 Å².